The highest BCUT2D eigenvalue weighted by atomic mass is 32.2. The van der Waals surface area contributed by atoms with Crippen molar-refractivity contribution in [2.24, 2.45) is 0 Å². The van der Waals surface area contributed by atoms with E-state index < -0.39 is 46.5 Å². The molecule has 29 heavy (non-hydrogen) atoms. The van der Waals surface area contributed by atoms with Gasteiger partial charge in [-0.2, -0.15) is 0 Å². The summed E-state index contributed by atoms with van der Waals surface area (Å²) in [4.78, 5) is 26.1. The summed E-state index contributed by atoms with van der Waals surface area (Å²) in [5.74, 6) is -0.504. The number of sulfonamides is 1. The lowest BCUT2D eigenvalue weighted by Gasteiger charge is -2.35. The summed E-state index contributed by atoms with van der Waals surface area (Å²) in [5.41, 5.74) is 2.81. The number of nitrogens with one attached hydrogen (secondary N) is 3. The Bertz CT molecular complexity index is 933. The van der Waals surface area contributed by atoms with Crippen LogP contribution in [0.2, 0.25) is 0 Å². The maximum Gasteiger partial charge on any atom is 0.328 e. The Morgan fingerprint density at radius 1 is 1.17 bits per heavy atom. The number of aliphatic hydroxyl groups is 3. The number of aliphatic hydroxyl groups excluding tert-OH is 3. The van der Waals surface area contributed by atoms with Crippen LogP contribution < -0.4 is 15.6 Å². The Hall–Kier alpha value is -2.39. The van der Waals surface area contributed by atoms with E-state index in [1.807, 2.05) is 4.83 Å². The molecular weight excluding hydrogens is 408 g/mol. The van der Waals surface area contributed by atoms with E-state index in [1.165, 1.54) is 37.4 Å². The van der Waals surface area contributed by atoms with E-state index >= 15 is 0 Å². The minimum absolute atomic E-state index is 0.0667. The molecule has 0 aliphatic carbocycles. The van der Waals surface area contributed by atoms with Crippen LogP contribution >= 0.6 is 0 Å². The van der Waals surface area contributed by atoms with Gasteiger partial charge in [0, 0.05) is 7.05 Å². The van der Waals surface area contributed by atoms with Gasteiger partial charge in [0.1, 0.15) is 30.2 Å². The second kappa shape index (κ2) is 8.16. The van der Waals surface area contributed by atoms with Gasteiger partial charge in [-0.15, -0.1) is 4.83 Å². The summed E-state index contributed by atoms with van der Waals surface area (Å²) < 4.78 is 29.8. The van der Waals surface area contributed by atoms with Gasteiger partial charge in [-0.3, -0.25) is 9.69 Å². The van der Waals surface area contributed by atoms with E-state index in [0.717, 1.165) is 4.90 Å². The van der Waals surface area contributed by atoms with E-state index in [1.54, 1.807) is 0 Å². The normalized spacial score (nSPS) is 29.4. The lowest BCUT2D eigenvalue weighted by molar-refractivity contribution is -0.196. The number of benzene rings is 1. The molecule has 2 aliphatic heterocycles. The molecule has 3 amide bonds. The van der Waals surface area contributed by atoms with Crippen molar-refractivity contribution in [3.8, 4) is 0 Å². The molecule has 13 heteroatoms. The first-order valence-corrected chi connectivity index (χ1v) is 9.92. The zero-order valence-corrected chi connectivity index (χ0v) is 16.0. The number of rotatable bonds is 5. The Morgan fingerprint density at radius 2 is 1.83 bits per heavy atom. The number of carbonyl (C=O) groups is 2. The van der Waals surface area contributed by atoms with E-state index in [9.17, 15) is 33.3 Å². The van der Waals surface area contributed by atoms with Crippen LogP contribution in [0.3, 0.4) is 0 Å². The van der Waals surface area contributed by atoms with Gasteiger partial charge in [0.05, 0.1) is 11.5 Å². The SMILES string of the molecule is CN1C(=O)N/C(=C\c2ccc(S(=O)(=O)NN[C@@H]3OC[C@@H](O)[C@H](O)[C@H]3O)cc2)C1=O. The summed E-state index contributed by atoms with van der Waals surface area (Å²) in [6, 6.07) is 4.87. The summed E-state index contributed by atoms with van der Waals surface area (Å²) >= 11 is 0. The molecule has 2 aliphatic rings. The first kappa shape index (κ1) is 21.3. The van der Waals surface area contributed by atoms with Crippen molar-refractivity contribution in [1.82, 2.24) is 20.5 Å². The minimum Gasteiger partial charge on any atom is -0.388 e. The fourth-order valence-corrected chi connectivity index (χ4v) is 3.54. The number of amides is 3. The van der Waals surface area contributed by atoms with Crippen LogP contribution in [0.5, 0.6) is 0 Å². The zero-order chi connectivity index (χ0) is 21.3. The van der Waals surface area contributed by atoms with Gasteiger partial charge < -0.3 is 25.4 Å². The maximum absolute atomic E-state index is 12.4. The first-order chi connectivity index (χ1) is 13.6. The molecule has 0 bridgehead atoms. The average Bonchev–Trinajstić information content (AvgIpc) is 2.93. The molecule has 12 nitrogen and oxygen atoms in total. The molecular formula is C16H20N4O8S. The number of likely N-dealkylation sites (N-methyl/N-ethyl adjacent to an activating group) is 1. The summed E-state index contributed by atoms with van der Waals surface area (Å²) in [7, 11) is -2.72. The highest BCUT2D eigenvalue weighted by Crippen LogP contribution is 2.16. The molecule has 1 aromatic rings. The summed E-state index contributed by atoms with van der Waals surface area (Å²) in [5, 5.41) is 31.2. The maximum atomic E-state index is 12.4. The van der Waals surface area contributed by atoms with Gasteiger partial charge in [-0.25, -0.2) is 18.6 Å². The van der Waals surface area contributed by atoms with Crippen LogP contribution in [-0.2, 0) is 19.6 Å². The standard InChI is InChI=1S/C16H20N4O8S/c1-20-15(24)10(17-16(20)25)6-8-2-4-9(5-3-8)29(26,27)19-18-14-13(23)12(22)11(21)7-28-14/h2-6,11-14,18-19,21-23H,7H2,1H3,(H,17,25)/b10-6-/t11-,12+,13-,14-/m1/s1. The Labute approximate surface area is 165 Å². The van der Waals surface area contributed by atoms with Gasteiger partial charge in [0.25, 0.3) is 15.9 Å². The molecule has 0 aromatic heterocycles. The van der Waals surface area contributed by atoms with E-state index in [4.69, 9.17) is 4.74 Å². The van der Waals surface area contributed by atoms with Crippen molar-refractivity contribution in [3.05, 3.63) is 35.5 Å². The van der Waals surface area contributed by atoms with Crippen LogP contribution in [0, 0.1) is 0 Å². The smallest absolute Gasteiger partial charge is 0.328 e. The molecule has 0 spiro atoms. The Morgan fingerprint density at radius 3 is 2.41 bits per heavy atom. The number of hydrazine groups is 1. The van der Waals surface area contributed by atoms with Gasteiger partial charge in [0.2, 0.25) is 0 Å². The number of imide groups is 1. The fourth-order valence-electron chi connectivity index (χ4n) is 2.66. The first-order valence-electron chi connectivity index (χ1n) is 8.44. The van der Waals surface area contributed by atoms with Crippen molar-refractivity contribution < 1.29 is 38.1 Å². The lowest BCUT2D eigenvalue weighted by Crippen LogP contribution is -2.61. The Kier molecular flexibility index (Phi) is 6.00. The molecule has 2 fully saturated rings. The van der Waals surface area contributed by atoms with E-state index in [2.05, 4.69) is 10.7 Å². The molecule has 1 aromatic carbocycles. The molecule has 158 valence electrons. The van der Waals surface area contributed by atoms with Crippen LogP contribution in [0.15, 0.2) is 34.9 Å². The van der Waals surface area contributed by atoms with Crippen molar-refractivity contribution in [2.45, 2.75) is 29.4 Å². The lowest BCUT2D eigenvalue weighted by atomic mass is 10.1. The topological polar surface area (TPSA) is 178 Å². The van der Waals surface area contributed by atoms with Crippen molar-refractivity contribution in [2.75, 3.05) is 13.7 Å². The highest BCUT2D eigenvalue weighted by molar-refractivity contribution is 7.89. The van der Waals surface area contributed by atoms with Gasteiger partial charge in [-0.1, -0.05) is 12.1 Å². The third-order valence-electron chi connectivity index (χ3n) is 4.42. The predicted octanol–water partition coefficient (Wildman–Crippen LogP) is -2.57. The number of hydrogen-bond acceptors (Lipinski definition) is 9. The molecule has 2 saturated heterocycles. The van der Waals surface area contributed by atoms with E-state index in [0.29, 0.717) is 5.56 Å². The molecule has 0 radical (unpaired) electrons. The number of urea groups is 1. The molecule has 2 heterocycles. The number of hydrogen-bond donors (Lipinski definition) is 6. The van der Waals surface area contributed by atoms with Gasteiger partial charge >= 0.3 is 6.03 Å². The van der Waals surface area contributed by atoms with Crippen molar-refractivity contribution in [1.29, 1.82) is 0 Å². The number of nitrogens with zero attached hydrogens (tertiary/aromatic N) is 1. The molecule has 4 atom stereocenters. The quantitative estimate of drug-likeness (QED) is 0.167. The summed E-state index contributed by atoms with van der Waals surface area (Å²) in [6.45, 7) is -0.286. The largest absolute Gasteiger partial charge is 0.388 e. The van der Waals surface area contributed by atoms with Crippen LogP contribution in [0.25, 0.3) is 6.08 Å². The van der Waals surface area contributed by atoms with Crippen LogP contribution in [0.1, 0.15) is 5.56 Å². The molecule has 0 saturated carbocycles. The van der Waals surface area contributed by atoms with Crippen molar-refractivity contribution in [3.63, 3.8) is 0 Å². The van der Waals surface area contributed by atoms with Gasteiger partial charge in [-0.05, 0) is 23.8 Å². The minimum atomic E-state index is -4.05. The second-order valence-corrected chi connectivity index (χ2v) is 8.16. The summed E-state index contributed by atoms with van der Waals surface area (Å²) in [6.07, 6.45) is -4.17. The molecule has 6 N–H and O–H groups in total. The average molecular weight is 428 g/mol. The third-order valence-corrected chi connectivity index (χ3v) is 5.70. The third kappa shape index (κ3) is 4.45. The van der Waals surface area contributed by atoms with E-state index in [-0.39, 0.29) is 17.2 Å². The highest BCUT2D eigenvalue weighted by Gasteiger charge is 2.38. The Balaban J connectivity index is 1.66. The van der Waals surface area contributed by atoms with Crippen LogP contribution in [-0.4, -0.2) is 78.8 Å². The van der Waals surface area contributed by atoms with Gasteiger partial charge in [0.15, 0.2) is 0 Å². The second-order valence-electron chi connectivity index (χ2n) is 6.47. The predicted molar refractivity (Wildman–Crippen MR) is 96.9 cm³/mol. The number of carbonyl (C=O) groups excluding carboxylic acids is 2. The van der Waals surface area contributed by atoms with Crippen LogP contribution in [0.4, 0.5) is 4.79 Å². The van der Waals surface area contributed by atoms with Crippen molar-refractivity contribution >= 4 is 28.0 Å². The molecule has 3 rings (SSSR count). The fraction of sp³-hybridized carbons (Fsp3) is 0.375. The monoisotopic (exact) mass is 428 g/mol. The zero-order valence-electron chi connectivity index (χ0n) is 15.1. The number of ether oxygens (including phenoxy) is 1. The molecule has 0 unspecified atom stereocenters.